The third-order valence-corrected chi connectivity index (χ3v) is 7.20. The zero-order valence-electron chi connectivity index (χ0n) is 15.7. The van der Waals surface area contributed by atoms with Gasteiger partial charge in [0, 0.05) is 11.5 Å². The van der Waals surface area contributed by atoms with Gasteiger partial charge in [0.15, 0.2) is 0 Å². The number of rotatable bonds is 5. The predicted molar refractivity (Wildman–Crippen MR) is 116 cm³/mol. The molecule has 2 aromatic rings. The van der Waals surface area contributed by atoms with Gasteiger partial charge >= 0.3 is 0 Å². The summed E-state index contributed by atoms with van der Waals surface area (Å²) in [6, 6.07) is 9.60. The topological polar surface area (TPSA) is 92.8 Å². The number of nitrogens with zero attached hydrogens (tertiary/aromatic N) is 1. The first-order valence-electron chi connectivity index (χ1n) is 8.31. The van der Waals surface area contributed by atoms with Gasteiger partial charge in [-0.3, -0.25) is 19.2 Å². The molecule has 0 spiro atoms. The Morgan fingerprint density at radius 1 is 1.17 bits per heavy atom. The van der Waals surface area contributed by atoms with Crippen molar-refractivity contribution in [2.75, 3.05) is 18.9 Å². The number of imide groups is 1. The summed E-state index contributed by atoms with van der Waals surface area (Å²) >= 11 is 4.22. The molecule has 0 aromatic heterocycles. The zero-order valence-corrected chi connectivity index (χ0v) is 18.9. The highest BCUT2D eigenvalue weighted by Crippen LogP contribution is 2.37. The molecule has 1 aliphatic heterocycles. The van der Waals surface area contributed by atoms with Gasteiger partial charge in [-0.05, 0) is 54.6 Å². The number of amides is 2. The molecule has 1 fully saturated rings. The number of ether oxygens (including phenoxy) is 1. The molecular weight excluding hydrogens is 480 g/mol. The van der Waals surface area contributed by atoms with Crippen molar-refractivity contribution in [3.05, 3.63) is 56.9 Å². The molecule has 3 rings (SSSR count). The van der Waals surface area contributed by atoms with E-state index in [9.17, 15) is 18.0 Å². The van der Waals surface area contributed by atoms with E-state index in [4.69, 9.17) is 4.74 Å². The van der Waals surface area contributed by atoms with Crippen LogP contribution in [0.3, 0.4) is 0 Å². The summed E-state index contributed by atoms with van der Waals surface area (Å²) in [7, 11) is -0.987. The second-order valence-corrected chi connectivity index (χ2v) is 9.76. The smallest absolute Gasteiger partial charge is 0.293 e. The maximum atomic E-state index is 12.7. The van der Waals surface area contributed by atoms with Crippen LogP contribution in [0.1, 0.15) is 11.1 Å². The molecule has 0 aliphatic carbocycles. The van der Waals surface area contributed by atoms with E-state index in [-0.39, 0.29) is 26.5 Å². The Labute approximate surface area is 181 Å². The fourth-order valence-corrected chi connectivity index (χ4v) is 4.87. The lowest BCUT2D eigenvalue weighted by Crippen LogP contribution is -2.22. The lowest BCUT2D eigenvalue weighted by atomic mass is 10.1. The first kappa shape index (κ1) is 21.4. The van der Waals surface area contributed by atoms with Gasteiger partial charge in [0.1, 0.15) is 5.75 Å². The molecule has 29 heavy (non-hydrogen) atoms. The first-order valence-corrected chi connectivity index (χ1v) is 11.4. The summed E-state index contributed by atoms with van der Waals surface area (Å²) in [4.78, 5) is 25.2. The summed E-state index contributed by atoms with van der Waals surface area (Å²) in [5.41, 5.74) is 1.75. The number of likely N-dealkylation sites (N-methyl/N-ethyl adjacent to an activating group) is 1. The molecule has 1 aliphatic rings. The number of thioether (sulfide) groups is 1. The highest BCUT2D eigenvalue weighted by molar-refractivity contribution is 9.10. The fraction of sp³-hybridized carbons (Fsp3) is 0.158. The van der Waals surface area contributed by atoms with Crippen molar-refractivity contribution in [1.29, 1.82) is 0 Å². The Morgan fingerprint density at radius 3 is 2.38 bits per heavy atom. The molecule has 2 amide bonds. The predicted octanol–water partition coefficient (Wildman–Crippen LogP) is 4.23. The molecule has 0 saturated carbocycles. The molecule has 7 nitrogen and oxygen atoms in total. The molecule has 0 bridgehead atoms. The fourth-order valence-electron chi connectivity index (χ4n) is 2.54. The van der Waals surface area contributed by atoms with Crippen LogP contribution in [-0.2, 0) is 14.8 Å². The van der Waals surface area contributed by atoms with Gasteiger partial charge in [-0.2, -0.15) is 0 Å². The van der Waals surface area contributed by atoms with Gasteiger partial charge in [0.05, 0.1) is 22.6 Å². The van der Waals surface area contributed by atoms with Gasteiger partial charge in [0.25, 0.3) is 21.2 Å². The van der Waals surface area contributed by atoms with Crippen LogP contribution >= 0.6 is 27.7 Å². The molecule has 2 aromatic carbocycles. The number of carbonyl (C=O) groups is 2. The molecule has 0 radical (unpaired) electrons. The molecule has 1 saturated heterocycles. The van der Waals surface area contributed by atoms with Crippen LogP contribution in [0.15, 0.2) is 50.7 Å². The first-order chi connectivity index (χ1) is 13.6. The molecule has 1 heterocycles. The number of sulfonamides is 1. The summed E-state index contributed by atoms with van der Waals surface area (Å²) in [5.74, 6) is -0.124. The van der Waals surface area contributed by atoms with E-state index >= 15 is 0 Å². The normalized spacial score (nSPS) is 15.9. The summed E-state index contributed by atoms with van der Waals surface area (Å²) < 4.78 is 33.8. The van der Waals surface area contributed by atoms with E-state index in [1.165, 1.54) is 26.3 Å². The van der Waals surface area contributed by atoms with Gasteiger partial charge in [-0.15, -0.1) is 0 Å². The third kappa shape index (κ3) is 4.49. The number of aryl methyl sites for hydroxylation is 1. The average Bonchev–Trinajstić information content (AvgIpc) is 2.90. The van der Waals surface area contributed by atoms with Crippen LogP contribution < -0.4 is 9.46 Å². The van der Waals surface area contributed by atoms with Crippen LogP contribution in [0.25, 0.3) is 6.08 Å². The van der Waals surface area contributed by atoms with Gasteiger partial charge in [0.2, 0.25) is 0 Å². The Bertz CT molecular complexity index is 1130. The molecule has 0 unspecified atom stereocenters. The SMILES string of the molecule is COc1cc(/C=C2\SC(=O)N(C)C2=O)c(Br)cc1NS(=O)(=O)c1ccc(C)cc1. The number of methoxy groups -OCH3 is 1. The van der Waals surface area contributed by atoms with Crippen molar-refractivity contribution in [1.82, 2.24) is 4.90 Å². The monoisotopic (exact) mass is 496 g/mol. The van der Waals surface area contributed by atoms with E-state index in [0.29, 0.717) is 10.0 Å². The van der Waals surface area contributed by atoms with Crippen molar-refractivity contribution in [3.63, 3.8) is 0 Å². The highest BCUT2D eigenvalue weighted by Gasteiger charge is 2.32. The molecule has 10 heteroatoms. The van der Waals surface area contributed by atoms with Crippen molar-refractivity contribution in [3.8, 4) is 5.75 Å². The van der Waals surface area contributed by atoms with E-state index < -0.39 is 15.9 Å². The van der Waals surface area contributed by atoms with Crippen LogP contribution in [0.5, 0.6) is 5.75 Å². The number of carbonyl (C=O) groups excluding carboxylic acids is 2. The van der Waals surface area contributed by atoms with E-state index in [1.54, 1.807) is 30.3 Å². The zero-order chi connectivity index (χ0) is 21.3. The second-order valence-electron chi connectivity index (χ2n) is 6.23. The standard InChI is InChI=1S/C19H17BrN2O5S2/c1-11-4-6-13(7-5-11)29(25,26)21-15-10-14(20)12(8-16(15)27-3)9-17-18(23)22(2)19(24)28-17/h4-10,21H,1-3H3/b17-9-. The lowest BCUT2D eigenvalue weighted by molar-refractivity contribution is -0.121. The van der Waals surface area contributed by atoms with Crippen molar-refractivity contribution >= 4 is 60.6 Å². The second kappa shape index (κ2) is 8.21. The minimum Gasteiger partial charge on any atom is -0.495 e. The quantitative estimate of drug-likeness (QED) is 0.622. The van der Waals surface area contributed by atoms with E-state index in [2.05, 4.69) is 20.7 Å². The minimum absolute atomic E-state index is 0.127. The third-order valence-electron chi connectivity index (χ3n) is 4.17. The van der Waals surface area contributed by atoms with E-state index in [0.717, 1.165) is 22.2 Å². The largest absolute Gasteiger partial charge is 0.495 e. The maximum absolute atomic E-state index is 12.7. The number of hydrogen-bond donors (Lipinski definition) is 1. The lowest BCUT2D eigenvalue weighted by Gasteiger charge is -2.14. The number of nitrogens with one attached hydrogen (secondary N) is 1. The Kier molecular flexibility index (Phi) is 6.06. The Morgan fingerprint density at radius 2 is 1.83 bits per heavy atom. The number of hydrogen-bond acceptors (Lipinski definition) is 6. The summed E-state index contributed by atoms with van der Waals surface area (Å²) in [5, 5.41) is -0.355. The van der Waals surface area contributed by atoms with Crippen LogP contribution in [0.4, 0.5) is 10.5 Å². The van der Waals surface area contributed by atoms with Crippen molar-refractivity contribution < 1.29 is 22.7 Å². The maximum Gasteiger partial charge on any atom is 0.293 e. The number of halogens is 1. The Hall–Kier alpha value is -2.30. The summed E-state index contributed by atoms with van der Waals surface area (Å²) in [6.07, 6.45) is 1.55. The van der Waals surface area contributed by atoms with Crippen LogP contribution in [0.2, 0.25) is 0 Å². The summed E-state index contributed by atoms with van der Waals surface area (Å²) in [6.45, 7) is 1.87. The van der Waals surface area contributed by atoms with E-state index in [1.807, 2.05) is 6.92 Å². The molecule has 0 atom stereocenters. The van der Waals surface area contributed by atoms with Gasteiger partial charge in [-0.25, -0.2) is 8.42 Å². The number of benzene rings is 2. The molecule has 152 valence electrons. The van der Waals surface area contributed by atoms with Gasteiger partial charge < -0.3 is 4.74 Å². The highest BCUT2D eigenvalue weighted by atomic mass is 79.9. The average molecular weight is 497 g/mol. The van der Waals surface area contributed by atoms with Gasteiger partial charge in [-0.1, -0.05) is 33.6 Å². The van der Waals surface area contributed by atoms with Crippen LogP contribution in [0, 0.1) is 6.92 Å². The Balaban J connectivity index is 1.96. The minimum atomic E-state index is -3.81. The molecular formula is C19H17BrN2O5S2. The van der Waals surface area contributed by atoms with Crippen molar-refractivity contribution in [2.45, 2.75) is 11.8 Å². The van der Waals surface area contributed by atoms with Crippen molar-refractivity contribution in [2.24, 2.45) is 0 Å². The molecule has 1 N–H and O–H groups in total. The van der Waals surface area contributed by atoms with Crippen LogP contribution in [-0.4, -0.2) is 38.6 Å². The number of anilines is 1.